The molecule has 7 rings (SSSR count). The van der Waals surface area contributed by atoms with Crippen molar-refractivity contribution in [2.45, 2.75) is 0 Å². The second-order valence-electron chi connectivity index (χ2n) is 9.63. The second kappa shape index (κ2) is 10.0. The smallest absolute Gasteiger partial charge is 0.137 e. The number of aromatic hydroxyl groups is 1. The molecule has 0 unspecified atom stereocenters. The van der Waals surface area contributed by atoms with Crippen LogP contribution in [0.25, 0.3) is 21.9 Å². The number of nitrogens with zero attached hydrogens (tertiary/aromatic N) is 2. The van der Waals surface area contributed by atoms with E-state index in [2.05, 4.69) is 70.5 Å². The molecule has 7 aromatic rings. The number of hydrogen-bond acceptors (Lipinski definition) is 4. The van der Waals surface area contributed by atoms with Crippen LogP contribution in [0.15, 0.2) is 156 Å². The summed E-state index contributed by atoms with van der Waals surface area (Å²) in [5, 5.41) is 13.0. The lowest BCUT2D eigenvalue weighted by Crippen LogP contribution is -2.16. The Morgan fingerprint density at radius 2 is 0.925 bits per heavy atom. The summed E-state index contributed by atoms with van der Waals surface area (Å²) in [4.78, 5) is 4.38. The van der Waals surface area contributed by atoms with Gasteiger partial charge in [0.15, 0.2) is 0 Å². The zero-order valence-corrected chi connectivity index (χ0v) is 21.7. The molecule has 0 spiro atoms. The van der Waals surface area contributed by atoms with E-state index in [0.29, 0.717) is 0 Å². The van der Waals surface area contributed by atoms with Gasteiger partial charge in [0.25, 0.3) is 0 Å². The molecule has 0 saturated heterocycles. The lowest BCUT2D eigenvalue weighted by molar-refractivity contribution is 0.475. The molecule has 0 fully saturated rings. The molecule has 0 saturated carbocycles. The lowest BCUT2D eigenvalue weighted by Gasteiger charge is -2.33. The van der Waals surface area contributed by atoms with Gasteiger partial charge in [-0.15, -0.1) is 0 Å². The van der Waals surface area contributed by atoms with Crippen LogP contribution in [-0.4, -0.2) is 5.11 Å². The summed E-state index contributed by atoms with van der Waals surface area (Å²) in [5.74, 6) is 0.186. The van der Waals surface area contributed by atoms with Crippen molar-refractivity contribution in [2.24, 2.45) is 0 Å². The zero-order valence-electron chi connectivity index (χ0n) is 21.7. The van der Waals surface area contributed by atoms with Crippen LogP contribution in [0.4, 0.5) is 34.1 Å². The summed E-state index contributed by atoms with van der Waals surface area (Å²) >= 11 is 0. The van der Waals surface area contributed by atoms with Crippen molar-refractivity contribution in [3.63, 3.8) is 0 Å². The highest BCUT2D eigenvalue weighted by molar-refractivity contribution is 6.06. The number of hydrogen-bond donors (Lipinski definition) is 1. The molecule has 6 aromatic carbocycles. The summed E-state index contributed by atoms with van der Waals surface area (Å²) in [7, 11) is 0. The van der Waals surface area contributed by atoms with Crippen molar-refractivity contribution in [1.82, 2.24) is 0 Å². The molecular weight excluding hydrogens is 492 g/mol. The summed E-state index contributed by atoms with van der Waals surface area (Å²) in [6, 6.07) is 50.7. The number of furan rings is 1. The van der Waals surface area contributed by atoms with E-state index in [4.69, 9.17) is 4.42 Å². The number of benzene rings is 6. The summed E-state index contributed by atoms with van der Waals surface area (Å²) < 4.78 is 6.27. The Morgan fingerprint density at radius 3 is 1.55 bits per heavy atom. The van der Waals surface area contributed by atoms with Gasteiger partial charge in [0.1, 0.15) is 16.9 Å². The molecule has 1 heterocycles. The van der Waals surface area contributed by atoms with Gasteiger partial charge in [-0.25, -0.2) is 0 Å². The van der Waals surface area contributed by atoms with E-state index < -0.39 is 0 Å². The third-order valence-corrected chi connectivity index (χ3v) is 7.10. The van der Waals surface area contributed by atoms with E-state index in [1.807, 2.05) is 84.9 Å². The van der Waals surface area contributed by atoms with Gasteiger partial charge in [-0.3, -0.25) is 0 Å². The average Bonchev–Trinajstić information content (AvgIpc) is 3.38. The van der Waals surface area contributed by atoms with Crippen molar-refractivity contribution in [2.75, 3.05) is 9.80 Å². The molecule has 0 aliphatic rings. The molecule has 192 valence electrons. The molecule has 0 atom stereocenters. The molecule has 0 bridgehead atoms. The number of anilines is 6. The average molecular weight is 519 g/mol. The van der Waals surface area contributed by atoms with Crippen LogP contribution in [0.1, 0.15) is 0 Å². The maximum Gasteiger partial charge on any atom is 0.137 e. The third-order valence-electron chi connectivity index (χ3n) is 7.10. The topological polar surface area (TPSA) is 39.9 Å². The van der Waals surface area contributed by atoms with Crippen molar-refractivity contribution in [3.8, 4) is 5.75 Å². The Hall–Kier alpha value is -5.48. The highest BCUT2D eigenvalue weighted by atomic mass is 16.3. The largest absolute Gasteiger partial charge is 0.508 e. The van der Waals surface area contributed by atoms with Crippen molar-refractivity contribution >= 4 is 56.1 Å². The predicted octanol–water partition coefficient (Wildman–Crippen LogP) is 10.2. The van der Waals surface area contributed by atoms with E-state index in [-0.39, 0.29) is 5.75 Å². The van der Waals surface area contributed by atoms with Crippen LogP contribution in [0.5, 0.6) is 5.75 Å². The van der Waals surface area contributed by atoms with E-state index >= 15 is 0 Å². The number of phenolic OH excluding ortho intramolecular Hbond substituents is 1. The van der Waals surface area contributed by atoms with Crippen LogP contribution >= 0.6 is 0 Å². The van der Waals surface area contributed by atoms with Gasteiger partial charge < -0.3 is 19.3 Å². The van der Waals surface area contributed by atoms with Crippen molar-refractivity contribution in [1.29, 1.82) is 0 Å². The first-order valence-electron chi connectivity index (χ1n) is 13.3. The maximum atomic E-state index is 10.8. The van der Waals surface area contributed by atoms with Crippen molar-refractivity contribution < 1.29 is 9.52 Å². The van der Waals surface area contributed by atoms with E-state index in [1.54, 1.807) is 6.07 Å². The van der Waals surface area contributed by atoms with Crippen LogP contribution < -0.4 is 9.80 Å². The Kier molecular flexibility index (Phi) is 5.91. The molecule has 4 heteroatoms. The molecule has 1 aromatic heterocycles. The molecule has 0 aliphatic heterocycles. The molecule has 1 N–H and O–H groups in total. The molecule has 0 amide bonds. The summed E-state index contributed by atoms with van der Waals surface area (Å²) in [6.07, 6.45) is 0. The van der Waals surface area contributed by atoms with Gasteiger partial charge in [-0.05, 0) is 66.7 Å². The number of phenols is 1. The fourth-order valence-electron chi connectivity index (χ4n) is 5.32. The van der Waals surface area contributed by atoms with Crippen LogP contribution in [0, 0.1) is 0 Å². The number of para-hydroxylation sites is 4. The van der Waals surface area contributed by atoms with Crippen LogP contribution in [-0.2, 0) is 0 Å². The highest BCUT2D eigenvalue weighted by Crippen LogP contribution is 2.47. The van der Waals surface area contributed by atoms with Crippen LogP contribution in [0.2, 0.25) is 0 Å². The fraction of sp³-hybridized carbons (Fsp3) is 0. The molecule has 0 aliphatic carbocycles. The van der Waals surface area contributed by atoms with Crippen molar-refractivity contribution in [3.05, 3.63) is 152 Å². The number of rotatable bonds is 6. The van der Waals surface area contributed by atoms with Gasteiger partial charge in [-0.2, -0.15) is 0 Å². The monoisotopic (exact) mass is 518 g/mol. The van der Waals surface area contributed by atoms with Gasteiger partial charge in [0, 0.05) is 45.7 Å². The minimum absolute atomic E-state index is 0.186. The van der Waals surface area contributed by atoms with Gasteiger partial charge in [0.05, 0.1) is 11.4 Å². The second-order valence-corrected chi connectivity index (χ2v) is 9.63. The molecule has 4 nitrogen and oxygen atoms in total. The summed E-state index contributed by atoms with van der Waals surface area (Å²) in [5.41, 5.74) is 7.33. The Balaban J connectivity index is 1.48. The minimum Gasteiger partial charge on any atom is -0.508 e. The SMILES string of the molecule is Oc1ccc(N(c2ccccc2)c2ccccc2)c(N(c2ccccc2)c2ccc3c(c2)oc2ccccc23)c1. The Labute approximate surface area is 232 Å². The third kappa shape index (κ3) is 4.22. The van der Waals surface area contributed by atoms with E-state index in [0.717, 1.165) is 56.1 Å². The standard InChI is InChI=1S/C36H26N2O2/c39-30-21-23-33(37(26-12-4-1-5-13-26)27-14-6-2-7-15-27)34(25-30)38(28-16-8-3-9-17-28)29-20-22-32-31-18-10-11-19-35(31)40-36(32)24-29/h1-25,39H. The molecule has 0 radical (unpaired) electrons. The van der Waals surface area contributed by atoms with E-state index in [1.165, 1.54) is 0 Å². The fourth-order valence-corrected chi connectivity index (χ4v) is 5.32. The molecule has 40 heavy (non-hydrogen) atoms. The zero-order chi connectivity index (χ0) is 26.9. The number of fused-ring (bicyclic) bond motifs is 3. The Morgan fingerprint density at radius 1 is 0.400 bits per heavy atom. The minimum atomic E-state index is 0.186. The van der Waals surface area contributed by atoms with Gasteiger partial charge >= 0.3 is 0 Å². The first-order chi connectivity index (χ1) is 19.8. The molecular formula is C36H26N2O2. The summed E-state index contributed by atoms with van der Waals surface area (Å²) in [6.45, 7) is 0. The van der Waals surface area contributed by atoms with Crippen LogP contribution in [0.3, 0.4) is 0 Å². The Bertz CT molecular complexity index is 1880. The predicted molar refractivity (Wildman–Crippen MR) is 165 cm³/mol. The maximum absolute atomic E-state index is 10.8. The first kappa shape index (κ1) is 23.6. The normalized spacial score (nSPS) is 11.1. The first-order valence-corrected chi connectivity index (χ1v) is 13.3. The van der Waals surface area contributed by atoms with E-state index in [9.17, 15) is 5.11 Å². The highest BCUT2D eigenvalue weighted by Gasteiger charge is 2.23. The van der Waals surface area contributed by atoms with Gasteiger partial charge in [-0.1, -0.05) is 72.8 Å². The van der Waals surface area contributed by atoms with Gasteiger partial charge in [0.2, 0.25) is 0 Å². The quantitative estimate of drug-likeness (QED) is 0.238. The lowest BCUT2D eigenvalue weighted by atomic mass is 10.1.